The van der Waals surface area contributed by atoms with E-state index >= 15 is 0 Å². The molecule has 4 fully saturated rings. The third-order valence-electron chi connectivity index (χ3n) is 14.9. The van der Waals surface area contributed by atoms with Crippen molar-refractivity contribution in [2.24, 2.45) is 0 Å². The molecule has 0 radical (unpaired) electrons. The van der Waals surface area contributed by atoms with Crippen LogP contribution in [-0.2, 0) is 0 Å². The van der Waals surface area contributed by atoms with Crippen molar-refractivity contribution in [3.63, 3.8) is 0 Å². The summed E-state index contributed by atoms with van der Waals surface area (Å²) in [4.78, 5) is 0. The van der Waals surface area contributed by atoms with Gasteiger partial charge in [0, 0.05) is 81.4 Å². The van der Waals surface area contributed by atoms with Crippen molar-refractivity contribution in [1.82, 2.24) is 20.3 Å². The Bertz CT molecular complexity index is 1910. The minimum atomic E-state index is -0.542. The quantitative estimate of drug-likeness (QED) is 0.201. The summed E-state index contributed by atoms with van der Waals surface area (Å²) in [5, 5.41) is 53.2. The first-order chi connectivity index (χ1) is 28.2. The predicted octanol–water partition coefficient (Wildman–Crippen LogP) is 11.6. The van der Waals surface area contributed by atoms with Crippen LogP contribution in [0.1, 0.15) is 188 Å². The molecular weight excluding hydrogens is 785 g/mol. The molecule has 2 aromatic rings. The Morgan fingerprint density at radius 1 is 0.371 bits per heavy atom. The molecule has 6 rings (SSSR count). The molecule has 0 saturated carbocycles. The summed E-state index contributed by atoms with van der Waals surface area (Å²) in [6.45, 7) is 33.1. The lowest BCUT2D eigenvalue weighted by molar-refractivity contribution is -0.222. The van der Waals surface area contributed by atoms with Gasteiger partial charge in [-0.3, -0.25) is 0 Å². The summed E-state index contributed by atoms with van der Waals surface area (Å²) in [6, 6.07) is 8.22. The second-order valence-electron chi connectivity index (χ2n) is 24.6. The summed E-state index contributed by atoms with van der Waals surface area (Å²) >= 11 is 0. The molecule has 12 heteroatoms. The fourth-order valence-corrected chi connectivity index (χ4v) is 11.5. The molecule has 4 unspecified atom stereocenters. The average Bonchev–Trinajstić information content (AvgIpc) is 3.36. The van der Waals surface area contributed by atoms with Gasteiger partial charge in [-0.05, 0) is 186 Å². The van der Waals surface area contributed by atoms with Crippen molar-refractivity contribution < 1.29 is 39.8 Å². The number of hydrogen-bond donors (Lipinski definition) is 4. The van der Waals surface area contributed by atoms with E-state index in [1.165, 1.54) is 20.3 Å². The topological polar surface area (TPSA) is 131 Å². The predicted molar refractivity (Wildman–Crippen MR) is 244 cm³/mol. The van der Waals surface area contributed by atoms with Gasteiger partial charge in [-0.1, -0.05) is 0 Å². The van der Waals surface area contributed by atoms with Gasteiger partial charge in [-0.15, -0.1) is 0 Å². The molecule has 0 bridgehead atoms. The molecule has 4 heterocycles. The Hall–Kier alpha value is -2.42. The number of nitrogens with zero attached hydrogens (tertiary/aromatic N) is 4. The van der Waals surface area contributed by atoms with Crippen LogP contribution in [0, 0.1) is 0 Å². The van der Waals surface area contributed by atoms with Crippen molar-refractivity contribution >= 4 is 10.8 Å². The summed E-state index contributed by atoms with van der Waals surface area (Å²) in [5.74, 6) is 2.59. The maximum Gasteiger partial charge on any atom is 0.162 e. The molecule has 0 amide bonds. The van der Waals surface area contributed by atoms with Crippen molar-refractivity contribution in [1.29, 1.82) is 0 Å². The summed E-state index contributed by atoms with van der Waals surface area (Å²) in [5.41, 5.74) is -3.82. The van der Waals surface area contributed by atoms with Crippen LogP contribution in [0.3, 0.4) is 0 Å². The Morgan fingerprint density at radius 2 is 0.661 bits per heavy atom. The molecule has 4 atom stereocenters. The average molecular weight is 869 g/mol. The van der Waals surface area contributed by atoms with Gasteiger partial charge in [-0.25, -0.2) is 0 Å². The van der Waals surface area contributed by atoms with Crippen LogP contribution in [0.4, 0.5) is 0 Å². The van der Waals surface area contributed by atoms with Gasteiger partial charge < -0.3 is 39.8 Å². The number of rotatable bonds is 8. The van der Waals surface area contributed by atoms with E-state index in [0.29, 0.717) is 48.7 Å². The van der Waals surface area contributed by atoms with Crippen molar-refractivity contribution in [2.45, 2.75) is 257 Å². The van der Waals surface area contributed by atoms with E-state index in [1.54, 1.807) is 0 Å². The monoisotopic (exact) mass is 869 g/mol. The minimum absolute atomic E-state index is 0.155. The molecule has 4 aliphatic rings. The Morgan fingerprint density at radius 3 is 1.00 bits per heavy atom. The molecule has 4 saturated heterocycles. The fraction of sp³-hybridized carbons (Fsp3) is 0.800. The largest absolute Gasteiger partial charge is 0.490 e. The van der Waals surface area contributed by atoms with Crippen molar-refractivity contribution in [2.75, 3.05) is 0 Å². The second-order valence-corrected chi connectivity index (χ2v) is 24.6. The van der Waals surface area contributed by atoms with Gasteiger partial charge in [0.15, 0.2) is 11.5 Å². The first-order valence-electron chi connectivity index (χ1n) is 23.5. The van der Waals surface area contributed by atoms with Crippen molar-refractivity contribution in [3.05, 3.63) is 24.3 Å². The van der Waals surface area contributed by atoms with Crippen molar-refractivity contribution in [3.8, 4) is 23.0 Å². The molecule has 2 aromatic carbocycles. The van der Waals surface area contributed by atoms with Gasteiger partial charge in [0.2, 0.25) is 0 Å². The van der Waals surface area contributed by atoms with E-state index in [0.717, 1.165) is 62.1 Å². The van der Waals surface area contributed by atoms with E-state index in [4.69, 9.17) is 18.9 Å². The lowest BCUT2D eigenvalue weighted by atomic mass is 9.95. The van der Waals surface area contributed by atoms with Gasteiger partial charge in [-0.2, -0.15) is 20.3 Å². The smallest absolute Gasteiger partial charge is 0.162 e. The lowest BCUT2D eigenvalue weighted by Crippen LogP contribution is -2.52. The second kappa shape index (κ2) is 16.8. The molecule has 4 aliphatic heterocycles. The first-order valence-corrected chi connectivity index (χ1v) is 23.5. The number of fused-ring (bicyclic) bond motifs is 1. The SMILES string of the molecule is CC1(C)CCC(Oc2cc(OC3CCC(C)(C)N(O)C(C)(C)C3)c3cc(OC4CCC(C)(C)N(O)C(C)(C)C4)c(OC4CCC(C)(C)N(O)C(C)(C)C4)cc3c2)CC(C)(C)N1O. The maximum atomic E-state index is 11.4. The van der Waals surface area contributed by atoms with E-state index < -0.39 is 44.3 Å². The van der Waals surface area contributed by atoms with Crippen LogP contribution in [-0.4, -0.2) is 110 Å². The first kappa shape index (κ1) is 49.0. The highest BCUT2D eigenvalue weighted by Crippen LogP contribution is 2.47. The third-order valence-corrected chi connectivity index (χ3v) is 14.9. The van der Waals surface area contributed by atoms with E-state index in [2.05, 4.69) is 129 Å². The molecule has 12 nitrogen and oxygen atoms in total. The number of hydroxylamine groups is 8. The van der Waals surface area contributed by atoms with E-state index in [9.17, 15) is 20.8 Å². The number of ether oxygens (including phenoxy) is 4. The summed E-state index contributed by atoms with van der Waals surface area (Å²) < 4.78 is 28.3. The molecular formula is C50H84N4O8. The summed E-state index contributed by atoms with van der Waals surface area (Å²) in [6.07, 6.45) is 7.72. The Balaban J connectivity index is 1.47. The van der Waals surface area contributed by atoms with E-state index in [-0.39, 0.29) is 24.4 Å². The van der Waals surface area contributed by atoms with Crippen LogP contribution in [0.15, 0.2) is 24.3 Å². The van der Waals surface area contributed by atoms with Gasteiger partial charge in [0.05, 0.1) is 0 Å². The molecule has 62 heavy (non-hydrogen) atoms. The molecule has 0 aliphatic carbocycles. The molecule has 4 N–H and O–H groups in total. The van der Waals surface area contributed by atoms with Gasteiger partial charge in [0.1, 0.15) is 35.9 Å². The lowest BCUT2D eigenvalue weighted by Gasteiger charge is -2.42. The Kier molecular flexibility index (Phi) is 13.3. The normalized spacial score (nSPS) is 31.2. The fourth-order valence-electron chi connectivity index (χ4n) is 11.5. The van der Waals surface area contributed by atoms with Crippen LogP contribution in [0.2, 0.25) is 0 Å². The van der Waals surface area contributed by atoms with Crippen LogP contribution in [0.25, 0.3) is 10.8 Å². The highest BCUT2D eigenvalue weighted by Gasteiger charge is 2.47. The van der Waals surface area contributed by atoms with E-state index in [1.807, 2.05) is 6.07 Å². The van der Waals surface area contributed by atoms with Crippen LogP contribution < -0.4 is 18.9 Å². The zero-order valence-corrected chi connectivity index (χ0v) is 41.3. The third kappa shape index (κ3) is 10.3. The maximum absolute atomic E-state index is 11.4. The minimum Gasteiger partial charge on any atom is -0.490 e. The highest BCUT2D eigenvalue weighted by molar-refractivity contribution is 5.92. The standard InChI is InChI=1S/C50H84N4O8/c1-43(2)21-17-34(29-47(9,10)51(43)55)59-38-25-33-26-41(61-36-19-23-45(5,6)53(57)49(13,14)31-36)42(62-37-20-24-46(7,8)54(58)50(15,16)32-37)28-39(33)40(27-38)60-35-18-22-44(3,4)52(56)48(11,12)30-35/h25-28,34-37,55-58H,17-24,29-32H2,1-16H3. The molecule has 0 spiro atoms. The Labute approximate surface area is 373 Å². The number of hydrogen-bond acceptors (Lipinski definition) is 12. The van der Waals surface area contributed by atoms with Gasteiger partial charge >= 0.3 is 0 Å². The zero-order chi connectivity index (χ0) is 46.2. The van der Waals surface area contributed by atoms with Crippen LogP contribution >= 0.6 is 0 Å². The zero-order valence-electron chi connectivity index (χ0n) is 41.3. The molecule has 0 aromatic heterocycles. The van der Waals surface area contributed by atoms with Gasteiger partial charge in [0.25, 0.3) is 0 Å². The highest BCUT2D eigenvalue weighted by atomic mass is 16.5. The number of benzene rings is 2. The molecule has 352 valence electrons. The van der Waals surface area contributed by atoms with Crippen LogP contribution in [0.5, 0.6) is 23.0 Å². The summed E-state index contributed by atoms with van der Waals surface area (Å²) in [7, 11) is 0.